The molecule has 1 saturated heterocycles. The number of imidazole rings is 1. The van der Waals surface area contributed by atoms with Gasteiger partial charge >= 0.3 is 0 Å². The van der Waals surface area contributed by atoms with Gasteiger partial charge in [-0.25, -0.2) is 13.4 Å². The number of carbonyl (C=O) groups is 1. The summed E-state index contributed by atoms with van der Waals surface area (Å²) < 4.78 is 29.4. The molecule has 164 valence electrons. The average molecular weight is 442 g/mol. The highest BCUT2D eigenvalue weighted by Gasteiger charge is 2.26. The molecule has 1 aliphatic heterocycles. The standard InChI is InChI=1S/C22H27N5O3S/c1-26-20-11-10-18(31(29,30)27-14-6-3-7-15-27)16-19(20)23-21(26)12-13-22(28)25-24-17-8-4-2-5-9-17/h2,4-5,8-11,16,24H,3,6-7,12-15H2,1H3,(H,25,28). The van der Waals surface area contributed by atoms with E-state index in [1.807, 2.05) is 41.9 Å². The van der Waals surface area contributed by atoms with Gasteiger partial charge in [-0.1, -0.05) is 24.6 Å². The van der Waals surface area contributed by atoms with Crippen molar-refractivity contribution in [3.8, 4) is 0 Å². The second-order valence-electron chi connectivity index (χ2n) is 7.74. The number of aryl methyl sites for hydroxylation is 2. The first kappa shape index (κ1) is 21.3. The second kappa shape index (κ2) is 9.07. The Balaban J connectivity index is 1.44. The van der Waals surface area contributed by atoms with E-state index in [1.165, 1.54) is 0 Å². The summed E-state index contributed by atoms with van der Waals surface area (Å²) >= 11 is 0. The van der Waals surface area contributed by atoms with Crippen LogP contribution in [0, 0.1) is 0 Å². The number of hydrogen-bond acceptors (Lipinski definition) is 5. The van der Waals surface area contributed by atoms with Gasteiger partial charge in [-0.2, -0.15) is 4.31 Å². The highest BCUT2D eigenvalue weighted by Crippen LogP contribution is 2.24. The van der Waals surface area contributed by atoms with Gasteiger partial charge in [-0.3, -0.25) is 15.6 Å². The van der Waals surface area contributed by atoms with Crippen molar-refractivity contribution in [2.24, 2.45) is 7.05 Å². The quantitative estimate of drug-likeness (QED) is 0.550. The molecule has 0 saturated carbocycles. The number of anilines is 1. The lowest BCUT2D eigenvalue weighted by atomic mass is 10.2. The molecule has 3 aromatic rings. The van der Waals surface area contributed by atoms with Crippen molar-refractivity contribution in [2.75, 3.05) is 18.5 Å². The molecular formula is C22H27N5O3S. The Morgan fingerprint density at radius 3 is 2.55 bits per heavy atom. The summed E-state index contributed by atoms with van der Waals surface area (Å²) in [6.07, 6.45) is 3.58. The topological polar surface area (TPSA) is 96.3 Å². The van der Waals surface area contributed by atoms with E-state index in [2.05, 4.69) is 15.8 Å². The molecule has 0 radical (unpaired) electrons. The van der Waals surface area contributed by atoms with Crippen molar-refractivity contribution in [3.63, 3.8) is 0 Å². The summed E-state index contributed by atoms with van der Waals surface area (Å²) in [4.78, 5) is 17.1. The highest BCUT2D eigenvalue weighted by molar-refractivity contribution is 7.89. The number of piperidine rings is 1. The summed E-state index contributed by atoms with van der Waals surface area (Å²) in [6.45, 7) is 1.14. The molecule has 9 heteroatoms. The van der Waals surface area contributed by atoms with E-state index in [0.717, 1.165) is 36.3 Å². The van der Waals surface area contributed by atoms with Crippen molar-refractivity contribution in [1.82, 2.24) is 19.3 Å². The Kier molecular flexibility index (Phi) is 6.24. The largest absolute Gasteiger partial charge is 0.331 e. The maximum Gasteiger partial charge on any atom is 0.243 e. The number of hydrogen-bond donors (Lipinski definition) is 2. The first-order valence-electron chi connectivity index (χ1n) is 10.5. The van der Waals surface area contributed by atoms with Gasteiger partial charge in [0.15, 0.2) is 0 Å². The molecule has 4 rings (SSSR count). The van der Waals surface area contributed by atoms with E-state index in [0.29, 0.717) is 25.0 Å². The molecule has 2 heterocycles. The van der Waals surface area contributed by atoms with Gasteiger partial charge in [0.2, 0.25) is 15.9 Å². The highest BCUT2D eigenvalue weighted by atomic mass is 32.2. The van der Waals surface area contributed by atoms with E-state index in [-0.39, 0.29) is 17.2 Å². The molecule has 0 atom stereocenters. The number of para-hydroxylation sites is 1. The van der Waals surface area contributed by atoms with E-state index < -0.39 is 10.0 Å². The fourth-order valence-corrected chi connectivity index (χ4v) is 5.36. The third-order valence-electron chi connectivity index (χ3n) is 5.59. The number of benzene rings is 2. The third-order valence-corrected chi connectivity index (χ3v) is 7.49. The van der Waals surface area contributed by atoms with Gasteiger partial charge in [0.1, 0.15) is 5.82 Å². The van der Waals surface area contributed by atoms with Crippen molar-refractivity contribution in [2.45, 2.75) is 37.0 Å². The van der Waals surface area contributed by atoms with Crippen LogP contribution in [0.3, 0.4) is 0 Å². The maximum absolute atomic E-state index is 13.0. The third kappa shape index (κ3) is 4.72. The molecule has 8 nitrogen and oxygen atoms in total. The molecule has 0 unspecified atom stereocenters. The zero-order valence-corrected chi connectivity index (χ0v) is 18.4. The molecule has 1 fully saturated rings. The number of rotatable bonds is 7. The number of nitrogens with zero attached hydrogens (tertiary/aromatic N) is 3. The van der Waals surface area contributed by atoms with E-state index in [9.17, 15) is 13.2 Å². The Morgan fingerprint density at radius 2 is 1.81 bits per heavy atom. The predicted octanol–water partition coefficient (Wildman–Crippen LogP) is 2.82. The van der Waals surface area contributed by atoms with Crippen LogP contribution in [0.2, 0.25) is 0 Å². The number of hydrazine groups is 1. The zero-order valence-electron chi connectivity index (χ0n) is 17.5. The van der Waals surface area contributed by atoms with Gasteiger partial charge < -0.3 is 4.57 Å². The number of nitrogens with one attached hydrogen (secondary N) is 2. The summed E-state index contributed by atoms with van der Waals surface area (Å²) in [6, 6.07) is 14.5. The Labute approximate surface area is 182 Å². The van der Waals surface area contributed by atoms with E-state index in [1.54, 1.807) is 22.5 Å². The summed E-state index contributed by atoms with van der Waals surface area (Å²) in [5, 5.41) is 0. The smallest absolute Gasteiger partial charge is 0.243 e. The van der Waals surface area contributed by atoms with Crippen molar-refractivity contribution < 1.29 is 13.2 Å². The lowest BCUT2D eigenvalue weighted by molar-refractivity contribution is -0.120. The molecule has 1 amide bonds. The van der Waals surface area contributed by atoms with Gasteiger partial charge in [-0.05, 0) is 43.2 Å². The van der Waals surface area contributed by atoms with Gasteiger partial charge in [0.05, 0.1) is 21.6 Å². The van der Waals surface area contributed by atoms with E-state index in [4.69, 9.17) is 0 Å². The molecule has 0 bridgehead atoms. The number of carbonyl (C=O) groups excluding carboxylic acids is 1. The van der Waals surface area contributed by atoms with Gasteiger partial charge in [0.25, 0.3) is 0 Å². The number of amides is 1. The molecule has 1 aliphatic rings. The molecule has 0 aliphatic carbocycles. The second-order valence-corrected chi connectivity index (χ2v) is 9.68. The van der Waals surface area contributed by atoms with Crippen LogP contribution in [0.5, 0.6) is 0 Å². The predicted molar refractivity (Wildman–Crippen MR) is 120 cm³/mol. The minimum atomic E-state index is -3.50. The number of sulfonamides is 1. The SMILES string of the molecule is Cn1c(CCC(=O)NNc2ccccc2)nc2cc(S(=O)(=O)N3CCCCC3)ccc21. The minimum absolute atomic E-state index is 0.149. The van der Waals surface area contributed by atoms with Gasteiger partial charge in [-0.15, -0.1) is 0 Å². The van der Waals surface area contributed by atoms with Crippen molar-refractivity contribution in [3.05, 3.63) is 54.4 Å². The van der Waals surface area contributed by atoms with Crippen molar-refractivity contribution in [1.29, 1.82) is 0 Å². The summed E-state index contributed by atoms with van der Waals surface area (Å²) in [5.74, 6) is 0.585. The molecule has 2 aromatic carbocycles. The molecule has 31 heavy (non-hydrogen) atoms. The Morgan fingerprint density at radius 1 is 1.06 bits per heavy atom. The van der Waals surface area contributed by atoms with Gasteiger partial charge in [0, 0.05) is 33.0 Å². The fraction of sp³-hybridized carbons (Fsp3) is 0.364. The summed E-state index contributed by atoms with van der Waals surface area (Å²) in [5.41, 5.74) is 7.83. The zero-order chi connectivity index (χ0) is 21.8. The van der Waals surface area contributed by atoms with Crippen LogP contribution in [-0.4, -0.2) is 41.3 Å². The van der Waals surface area contributed by atoms with Crippen molar-refractivity contribution >= 4 is 32.7 Å². The lowest BCUT2D eigenvalue weighted by Gasteiger charge is -2.25. The molecule has 2 N–H and O–H groups in total. The van der Waals surface area contributed by atoms with Crippen LogP contribution in [0.15, 0.2) is 53.4 Å². The van der Waals surface area contributed by atoms with E-state index >= 15 is 0 Å². The first-order valence-corrected chi connectivity index (χ1v) is 11.9. The van der Waals surface area contributed by atoms with Crippen LogP contribution >= 0.6 is 0 Å². The summed E-state index contributed by atoms with van der Waals surface area (Å²) in [7, 11) is -1.63. The lowest BCUT2D eigenvalue weighted by Crippen LogP contribution is -2.35. The molecule has 1 aromatic heterocycles. The first-order chi connectivity index (χ1) is 14.9. The minimum Gasteiger partial charge on any atom is -0.331 e. The normalized spacial score (nSPS) is 15.1. The molecule has 0 spiro atoms. The fourth-order valence-electron chi connectivity index (χ4n) is 3.82. The monoisotopic (exact) mass is 441 g/mol. The Bertz CT molecular complexity index is 1170. The van der Waals surface area contributed by atoms with Crippen LogP contribution < -0.4 is 10.9 Å². The van der Waals surface area contributed by atoms with Crippen LogP contribution in [0.1, 0.15) is 31.5 Å². The van der Waals surface area contributed by atoms with Crippen LogP contribution in [0.25, 0.3) is 11.0 Å². The van der Waals surface area contributed by atoms with Crippen LogP contribution in [0.4, 0.5) is 5.69 Å². The van der Waals surface area contributed by atoms with Crippen LogP contribution in [-0.2, 0) is 28.3 Å². The number of aromatic nitrogens is 2. The Hall–Kier alpha value is -2.91. The maximum atomic E-state index is 13.0. The molecular weight excluding hydrogens is 414 g/mol. The average Bonchev–Trinajstić information content (AvgIpc) is 3.12. The number of fused-ring (bicyclic) bond motifs is 1.